The number of nitrogens with zero attached hydrogens (tertiary/aromatic N) is 1. The van der Waals surface area contributed by atoms with E-state index in [-0.39, 0.29) is 0 Å². The van der Waals surface area contributed by atoms with Gasteiger partial charge in [0.15, 0.2) is 0 Å². The molecule has 0 saturated carbocycles. The van der Waals surface area contributed by atoms with Crippen LogP contribution >= 0.6 is 0 Å². The van der Waals surface area contributed by atoms with Crippen molar-refractivity contribution in [2.75, 3.05) is 18.0 Å². The second-order valence-electron chi connectivity index (χ2n) is 3.94. The highest BCUT2D eigenvalue weighted by atomic mass is 15.2. The number of H-pyrrole nitrogens is 1. The first kappa shape index (κ1) is 7.92. The molecule has 1 aromatic carbocycles. The molecule has 0 spiro atoms. The highest BCUT2D eigenvalue weighted by molar-refractivity contribution is 5.83. The zero-order chi connectivity index (χ0) is 9.38. The summed E-state index contributed by atoms with van der Waals surface area (Å²) in [7, 11) is 0. The zero-order valence-electron chi connectivity index (χ0n) is 8.16. The van der Waals surface area contributed by atoms with Crippen LogP contribution in [0.15, 0.2) is 30.3 Å². The first-order valence-electron chi connectivity index (χ1n) is 5.26. The van der Waals surface area contributed by atoms with Crippen molar-refractivity contribution in [2.45, 2.75) is 12.8 Å². The molecule has 0 atom stereocenters. The van der Waals surface area contributed by atoms with Crippen LogP contribution < -0.4 is 4.90 Å². The molecule has 0 aliphatic carbocycles. The van der Waals surface area contributed by atoms with E-state index in [1.54, 1.807) is 0 Å². The first-order valence-corrected chi connectivity index (χ1v) is 5.26. The van der Waals surface area contributed by atoms with Gasteiger partial charge in [0, 0.05) is 24.0 Å². The summed E-state index contributed by atoms with van der Waals surface area (Å²) in [6.45, 7) is 2.40. The van der Waals surface area contributed by atoms with Gasteiger partial charge in [-0.05, 0) is 25.0 Å². The molecular weight excluding hydrogens is 172 g/mol. The largest absolute Gasteiger partial charge is 0.358 e. The van der Waals surface area contributed by atoms with E-state index in [4.69, 9.17) is 0 Å². The van der Waals surface area contributed by atoms with Crippen molar-refractivity contribution >= 4 is 16.7 Å². The van der Waals surface area contributed by atoms with E-state index >= 15 is 0 Å². The predicted molar refractivity (Wildman–Crippen MR) is 59.7 cm³/mol. The minimum atomic E-state index is 1.20. The number of rotatable bonds is 1. The summed E-state index contributed by atoms with van der Waals surface area (Å²) in [5, 5.41) is 1.31. The normalized spacial score (nSPS) is 16.7. The molecule has 14 heavy (non-hydrogen) atoms. The smallest absolute Gasteiger partial charge is 0.106 e. The standard InChI is InChI=1S/C12H14N2/c1-2-6-11-10(5-1)9-12(13-11)14-7-3-4-8-14/h1-2,5-6,9,13H,3-4,7-8H2. The van der Waals surface area contributed by atoms with E-state index in [1.807, 2.05) is 0 Å². The fourth-order valence-electron chi connectivity index (χ4n) is 2.19. The van der Waals surface area contributed by atoms with Crippen LogP contribution in [0.25, 0.3) is 10.9 Å². The van der Waals surface area contributed by atoms with Crippen LogP contribution in [-0.2, 0) is 0 Å². The molecule has 1 aliphatic rings. The van der Waals surface area contributed by atoms with E-state index < -0.39 is 0 Å². The monoisotopic (exact) mass is 186 g/mol. The van der Waals surface area contributed by atoms with Crippen molar-refractivity contribution in [3.63, 3.8) is 0 Å². The maximum atomic E-state index is 3.46. The lowest BCUT2D eigenvalue weighted by Gasteiger charge is -2.14. The Morgan fingerprint density at radius 1 is 1.07 bits per heavy atom. The van der Waals surface area contributed by atoms with Crippen molar-refractivity contribution in [1.29, 1.82) is 0 Å². The Morgan fingerprint density at radius 3 is 2.64 bits per heavy atom. The summed E-state index contributed by atoms with van der Waals surface area (Å²) >= 11 is 0. The van der Waals surface area contributed by atoms with Gasteiger partial charge in [-0.3, -0.25) is 0 Å². The Morgan fingerprint density at radius 2 is 1.86 bits per heavy atom. The molecule has 2 heterocycles. The molecule has 2 aromatic rings. The van der Waals surface area contributed by atoms with Gasteiger partial charge in [-0.25, -0.2) is 0 Å². The van der Waals surface area contributed by atoms with Crippen LogP contribution in [-0.4, -0.2) is 18.1 Å². The van der Waals surface area contributed by atoms with Crippen molar-refractivity contribution < 1.29 is 0 Å². The van der Waals surface area contributed by atoms with E-state index in [2.05, 4.69) is 40.2 Å². The number of nitrogens with one attached hydrogen (secondary N) is 1. The molecule has 0 unspecified atom stereocenters. The second-order valence-corrected chi connectivity index (χ2v) is 3.94. The maximum Gasteiger partial charge on any atom is 0.106 e. The minimum absolute atomic E-state index is 1.20. The summed E-state index contributed by atoms with van der Waals surface area (Å²) in [6.07, 6.45) is 2.66. The van der Waals surface area contributed by atoms with Gasteiger partial charge in [0.2, 0.25) is 0 Å². The third-order valence-electron chi connectivity index (χ3n) is 2.96. The molecule has 72 valence electrons. The molecule has 1 N–H and O–H groups in total. The lowest BCUT2D eigenvalue weighted by molar-refractivity contribution is 0.949. The Bertz CT molecular complexity index is 405. The van der Waals surface area contributed by atoms with E-state index in [9.17, 15) is 0 Å². The van der Waals surface area contributed by atoms with E-state index in [1.165, 1.54) is 42.7 Å². The van der Waals surface area contributed by atoms with Crippen molar-refractivity contribution in [3.05, 3.63) is 30.3 Å². The SMILES string of the molecule is c1ccc2[nH]c(N3CCCC3)cc2c1. The van der Waals surface area contributed by atoms with Crippen molar-refractivity contribution in [1.82, 2.24) is 4.98 Å². The molecule has 0 radical (unpaired) electrons. The molecule has 2 nitrogen and oxygen atoms in total. The van der Waals surface area contributed by atoms with Crippen molar-refractivity contribution in [2.24, 2.45) is 0 Å². The molecule has 3 rings (SSSR count). The van der Waals surface area contributed by atoms with Crippen LogP contribution in [0.3, 0.4) is 0 Å². The number of hydrogen-bond acceptors (Lipinski definition) is 1. The summed E-state index contributed by atoms with van der Waals surface area (Å²) < 4.78 is 0. The minimum Gasteiger partial charge on any atom is -0.358 e. The molecule has 1 saturated heterocycles. The molecule has 2 heteroatoms. The average molecular weight is 186 g/mol. The Balaban J connectivity index is 2.05. The molecule has 1 fully saturated rings. The van der Waals surface area contributed by atoms with Gasteiger partial charge in [-0.2, -0.15) is 0 Å². The highest BCUT2D eigenvalue weighted by Gasteiger charge is 2.13. The summed E-state index contributed by atoms with van der Waals surface area (Å²) in [5.41, 5.74) is 1.24. The van der Waals surface area contributed by atoms with Crippen LogP contribution in [0.5, 0.6) is 0 Å². The van der Waals surface area contributed by atoms with Crippen LogP contribution in [0.1, 0.15) is 12.8 Å². The fourth-order valence-corrected chi connectivity index (χ4v) is 2.19. The number of benzene rings is 1. The quantitative estimate of drug-likeness (QED) is 0.725. The Kier molecular flexibility index (Phi) is 1.72. The fraction of sp³-hybridized carbons (Fsp3) is 0.333. The van der Waals surface area contributed by atoms with Gasteiger partial charge in [-0.1, -0.05) is 18.2 Å². The lowest BCUT2D eigenvalue weighted by atomic mass is 10.2. The molecule has 1 aromatic heterocycles. The Hall–Kier alpha value is -1.44. The number of aromatic nitrogens is 1. The summed E-state index contributed by atoms with van der Waals surface area (Å²) in [6, 6.07) is 10.7. The van der Waals surface area contributed by atoms with Crippen LogP contribution in [0, 0.1) is 0 Å². The number of fused-ring (bicyclic) bond motifs is 1. The number of aromatic amines is 1. The lowest BCUT2D eigenvalue weighted by Crippen LogP contribution is -2.17. The molecular formula is C12H14N2. The predicted octanol–water partition coefficient (Wildman–Crippen LogP) is 2.77. The molecule has 0 bridgehead atoms. The van der Waals surface area contributed by atoms with Crippen LogP contribution in [0.4, 0.5) is 5.82 Å². The van der Waals surface area contributed by atoms with Gasteiger partial charge in [0.25, 0.3) is 0 Å². The van der Waals surface area contributed by atoms with Crippen LogP contribution in [0.2, 0.25) is 0 Å². The zero-order valence-corrected chi connectivity index (χ0v) is 8.16. The number of anilines is 1. The van der Waals surface area contributed by atoms with E-state index in [0.717, 1.165) is 0 Å². The third kappa shape index (κ3) is 1.18. The third-order valence-corrected chi connectivity index (χ3v) is 2.96. The van der Waals surface area contributed by atoms with E-state index in [0.29, 0.717) is 0 Å². The molecule has 1 aliphatic heterocycles. The van der Waals surface area contributed by atoms with Gasteiger partial charge >= 0.3 is 0 Å². The number of hydrogen-bond donors (Lipinski definition) is 1. The van der Waals surface area contributed by atoms with Gasteiger partial charge in [-0.15, -0.1) is 0 Å². The maximum absolute atomic E-state index is 3.46. The molecule has 0 amide bonds. The Labute approximate surface area is 83.5 Å². The summed E-state index contributed by atoms with van der Waals surface area (Å²) in [4.78, 5) is 5.89. The topological polar surface area (TPSA) is 19.0 Å². The van der Waals surface area contributed by atoms with Gasteiger partial charge in [0.1, 0.15) is 5.82 Å². The average Bonchev–Trinajstić information content (AvgIpc) is 2.86. The highest BCUT2D eigenvalue weighted by Crippen LogP contribution is 2.24. The first-order chi connectivity index (χ1) is 6.93. The van der Waals surface area contributed by atoms with Crippen molar-refractivity contribution in [3.8, 4) is 0 Å². The summed E-state index contributed by atoms with van der Waals surface area (Å²) in [5.74, 6) is 1.28. The van der Waals surface area contributed by atoms with Gasteiger partial charge < -0.3 is 9.88 Å². The van der Waals surface area contributed by atoms with Gasteiger partial charge in [0.05, 0.1) is 0 Å². The number of para-hydroxylation sites is 1. The second kappa shape index (κ2) is 3.05.